The lowest BCUT2D eigenvalue weighted by atomic mass is 10.1. The van der Waals surface area contributed by atoms with Crippen LogP contribution in [0.4, 0.5) is 14.6 Å². The Morgan fingerprint density at radius 3 is 3.00 bits per heavy atom. The van der Waals surface area contributed by atoms with E-state index < -0.39 is 12.0 Å². The molecule has 2 aromatic heterocycles. The monoisotopic (exact) mass is 296 g/mol. The van der Waals surface area contributed by atoms with Gasteiger partial charge in [0.15, 0.2) is 0 Å². The zero-order valence-corrected chi connectivity index (χ0v) is 11.8. The number of H-pyrrole nitrogens is 1. The first-order chi connectivity index (χ1) is 10.0. The third-order valence-electron chi connectivity index (χ3n) is 4.09. The van der Waals surface area contributed by atoms with Crippen LogP contribution in [0.5, 0.6) is 0 Å². The van der Waals surface area contributed by atoms with Crippen molar-refractivity contribution in [3.63, 3.8) is 0 Å². The number of nitrogens with one attached hydrogen (secondary N) is 1. The molecule has 5 nitrogen and oxygen atoms in total. The van der Waals surface area contributed by atoms with Crippen LogP contribution in [0.3, 0.4) is 0 Å². The Morgan fingerprint density at radius 2 is 2.24 bits per heavy atom. The molecule has 3 heterocycles. The Hall–Kier alpha value is -1.76. The van der Waals surface area contributed by atoms with E-state index in [1.165, 1.54) is 6.33 Å². The predicted molar refractivity (Wildman–Crippen MR) is 75.7 cm³/mol. The number of aliphatic hydroxyl groups excluding tert-OH is 1. The molecule has 1 atom stereocenters. The number of alkyl halides is 2. The minimum atomic E-state index is -3.04. The van der Waals surface area contributed by atoms with Gasteiger partial charge >= 0.3 is 0 Å². The molecular weight excluding hydrogens is 278 g/mol. The highest BCUT2D eigenvalue weighted by molar-refractivity contribution is 5.90. The molecule has 1 aliphatic rings. The number of aryl methyl sites for hydroxylation is 1. The van der Waals surface area contributed by atoms with Gasteiger partial charge in [0.05, 0.1) is 5.39 Å². The van der Waals surface area contributed by atoms with Gasteiger partial charge in [-0.15, -0.1) is 0 Å². The Bertz CT molecular complexity index is 643. The maximum Gasteiger partial charge on any atom is 0.275 e. The van der Waals surface area contributed by atoms with Crippen molar-refractivity contribution in [2.24, 2.45) is 0 Å². The van der Waals surface area contributed by atoms with Crippen LogP contribution in [0, 0.1) is 0 Å². The van der Waals surface area contributed by atoms with Gasteiger partial charge in [-0.25, -0.2) is 18.7 Å². The number of hydrogen-bond acceptors (Lipinski definition) is 4. The Kier molecular flexibility index (Phi) is 3.52. The lowest BCUT2D eigenvalue weighted by molar-refractivity contribution is -0.108. The number of aromatic nitrogens is 3. The van der Waals surface area contributed by atoms with Gasteiger partial charge < -0.3 is 15.0 Å². The lowest BCUT2D eigenvalue weighted by Gasteiger charge is -2.22. The van der Waals surface area contributed by atoms with Crippen molar-refractivity contribution in [2.45, 2.75) is 38.2 Å². The van der Waals surface area contributed by atoms with Gasteiger partial charge in [-0.3, -0.25) is 0 Å². The number of nitrogens with zero attached hydrogens (tertiary/aromatic N) is 3. The fraction of sp³-hybridized carbons (Fsp3) is 0.571. The van der Waals surface area contributed by atoms with Gasteiger partial charge in [-0.2, -0.15) is 0 Å². The zero-order chi connectivity index (χ0) is 15.0. The van der Waals surface area contributed by atoms with Gasteiger partial charge in [-0.1, -0.05) is 6.92 Å². The summed E-state index contributed by atoms with van der Waals surface area (Å²) in [6, 6.07) is 0. The van der Waals surface area contributed by atoms with Gasteiger partial charge in [0.2, 0.25) is 0 Å². The zero-order valence-electron chi connectivity index (χ0n) is 11.8. The number of halogens is 2. The average molecular weight is 296 g/mol. The van der Waals surface area contributed by atoms with Crippen LogP contribution >= 0.6 is 0 Å². The number of aliphatic hydroxyl groups is 1. The molecule has 1 saturated heterocycles. The fourth-order valence-corrected chi connectivity index (χ4v) is 2.79. The van der Waals surface area contributed by atoms with E-state index >= 15 is 0 Å². The predicted octanol–water partition coefficient (Wildman–Crippen LogP) is 2.12. The number of anilines is 1. The van der Waals surface area contributed by atoms with Gasteiger partial charge in [0.1, 0.15) is 23.9 Å². The molecule has 2 N–H and O–H groups in total. The molecule has 1 fully saturated rings. The summed E-state index contributed by atoms with van der Waals surface area (Å²) >= 11 is 0. The maximum atomic E-state index is 13.6. The quantitative estimate of drug-likeness (QED) is 0.891. The van der Waals surface area contributed by atoms with Crippen LogP contribution in [0.1, 0.15) is 25.3 Å². The molecule has 0 aromatic carbocycles. The summed E-state index contributed by atoms with van der Waals surface area (Å²) in [7, 11) is 0. The van der Waals surface area contributed by atoms with Crippen molar-refractivity contribution in [3.05, 3.63) is 18.1 Å². The summed E-state index contributed by atoms with van der Waals surface area (Å²) in [5.74, 6) is -2.37. The molecule has 114 valence electrons. The molecule has 0 bridgehead atoms. The van der Waals surface area contributed by atoms with Crippen molar-refractivity contribution in [3.8, 4) is 0 Å². The Morgan fingerprint density at radius 1 is 1.43 bits per heavy atom. The van der Waals surface area contributed by atoms with Crippen LogP contribution in [-0.4, -0.2) is 45.2 Å². The van der Waals surface area contributed by atoms with E-state index in [4.69, 9.17) is 0 Å². The van der Waals surface area contributed by atoms with E-state index in [-0.39, 0.29) is 19.4 Å². The summed E-state index contributed by atoms with van der Waals surface area (Å²) in [6.07, 6.45) is 2.21. The van der Waals surface area contributed by atoms with E-state index in [1.807, 2.05) is 18.0 Å². The molecule has 21 heavy (non-hydrogen) atoms. The number of hydrogen-bond donors (Lipinski definition) is 2. The molecule has 7 heteroatoms. The fourth-order valence-electron chi connectivity index (χ4n) is 2.79. The molecule has 1 unspecified atom stereocenters. The summed E-state index contributed by atoms with van der Waals surface area (Å²) < 4.78 is 27.3. The smallest absolute Gasteiger partial charge is 0.275 e. The van der Waals surface area contributed by atoms with Crippen molar-refractivity contribution < 1.29 is 13.9 Å². The van der Waals surface area contributed by atoms with Crippen LogP contribution in [0.15, 0.2) is 12.5 Å². The third kappa shape index (κ3) is 2.46. The molecule has 0 aliphatic carbocycles. The minimum Gasteiger partial charge on any atom is -0.387 e. The summed E-state index contributed by atoms with van der Waals surface area (Å²) in [5, 5.41) is 10.4. The second-order valence-electron chi connectivity index (χ2n) is 5.39. The average Bonchev–Trinajstić information content (AvgIpc) is 2.84. The van der Waals surface area contributed by atoms with Crippen LogP contribution < -0.4 is 4.90 Å². The summed E-state index contributed by atoms with van der Waals surface area (Å²) in [5.41, 5.74) is 1.78. The summed E-state index contributed by atoms with van der Waals surface area (Å²) in [6.45, 7) is 2.56. The second kappa shape index (κ2) is 5.22. The van der Waals surface area contributed by atoms with E-state index in [9.17, 15) is 13.9 Å². The van der Waals surface area contributed by atoms with Gasteiger partial charge in [0.25, 0.3) is 5.92 Å². The Labute approximate surface area is 121 Å². The largest absolute Gasteiger partial charge is 0.387 e. The van der Waals surface area contributed by atoms with Gasteiger partial charge in [-0.05, 0) is 18.4 Å². The molecular formula is C14H18F2N4O. The van der Waals surface area contributed by atoms with Crippen LogP contribution in [-0.2, 0) is 6.42 Å². The SMILES string of the molecule is CCc1c[nH]c2ncnc(N3CCC(O)C(F)(F)CC3)c12. The first-order valence-electron chi connectivity index (χ1n) is 7.14. The number of aromatic amines is 1. The van der Waals surface area contributed by atoms with E-state index in [0.717, 1.165) is 17.4 Å². The van der Waals surface area contributed by atoms with E-state index in [2.05, 4.69) is 15.0 Å². The molecule has 3 rings (SSSR count). The molecule has 0 saturated carbocycles. The van der Waals surface area contributed by atoms with Gasteiger partial charge in [0, 0.05) is 25.7 Å². The van der Waals surface area contributed by atoms with Crippen molar-refractivity contribution >= 4 is 16.9 Å². The topological polar surface area (TPSA) is 65.0 Å². The summed E-state index contributed by atoms with van der Waals surface area (Å²) in [4.78, 5) is 13.4. The Balaban J connectivity index is 1.99. The standard InChI is InChI=1S/C14H18F2N4O/c1-2-9-7-17-12-11(9)13(19-8-18-12)20-5-3-10(21)14(15,16)4-6-20/h7-8,10,21H,2-6H2,1H3,(H,17,18,19). The second-order valence-corrected chi connectivity index (χ2v) is 5.39. The van der Waals surface area contributed by atoms with Crippen molar-refractivity contribution in [2.75, 3.05) is 18.0 Å². The molecule has 2 aromatic rings. The van der Waals surface area contributed by atoms with Crippen LogP contribution in [0.25, 0.3) is 11.0 Å². The molecule has 0 spiro atoms. The highest BCUT2D eigenvalue weighted by atomic mass is 19.3. The van der Waals surface area contributed by atoms with Crippen LogP contribution in [0.2, 0.25) is 0 Å². The highest BCUT2D eigenvalue weighted by Crippen LogP contribution is 2.33. The number of fused-ring (bicyclic) bond motifs is 1. The number of rotatable bonds is 2. The minimum absolute atomic E-state index is 0.0321. The van der Waals surface area contributed by atoms with E-state index in [1.54, 1.807) is 0 Å². The van der Waals surface area contributed by atoms with Crippen molar-refractivity contribution in [1.82, 2.24) is 15.0 Å². The maximum absolute atomic E-state index is 13.6. The molecule has 1 aliphatic heterocycles. The molecule has 0 radical (unpaired) electrons. The highest BCUT2D eigenvalue weighted by Gasteiger charge is 2.41. The van der Waals surface area contributed by atoms with Crippen molar-refractivity contribution in [1.29, 1.82) is 0 Å². The lowest BCUT2D eigenvalue weighted by Crippen LogP contribution is -2.32. The first-order valence-corrected chi connectivity index (χ1v) is 7.14. The molecule has 0 amide bonds. The third-order valence-corrected chi connectivity index (χ3v) is 4.09. The van der Waals surface area contributed by atoms with E-state index in [0.29, 0.717) is 18.0 Å². The first kappa shape index (κ1) is 14.2. The normalized spacial score (nSPS) is 22.5.